The molecule has 7 heteroatoms. The van der Waals surface area contributed by atoms with Crippen molar-refractivity contribution in [1.29, 1.82) is 0 Å². The number of ether oxygens (including phenoxy) is 1. The molecule has 1 aromatic carbocycles. The monoisotopic (exact) mass is 398 g/mol. The van der Waals surface area contributed by atoms with E-state index in [1.165, 1.54) is 0 Å². The van der Waals surface area contributed by atoms with E-state index in [9.17, 15) is 5.11 Å². The molecule has 2 heterocycles. The highest BCUT2D eigenvalue weighted by Gasteiger charge is 2.10. The van der Waals surface area contributed by atoms with Gasteiger partial charge in [-0.3, -0.25) is 4.98 Å². The summed E-state index contributed by atoms with van der Waals surface area (Å²) in [6.07, 6.45) is 6.99. The molecule has 0 amide bonds. The van der Waals surface area contributed by atoms with Gasteiger partial charge in [0.15, 0.2) is 0 Å². The lowest BCUT2D eigenvalue weighted by molar-refractivity contribution is 0.160. The number of aromatic nitrogens is 3. The Morgan fingerprint density at radius 2 is 1.96 bits per heavy atom. The maximum atomic E-state index is 9.81. The van der Waals surface area contributed by atoms with Gasteiger partial charge < -0.3 is 15.2 Å². The molecule has 6 nitrogen and oxygen atoms in total. The summed E-state index contributed by atoms with van der Waals surface area (Å²) in [5.41, 5.74) is 2.63. The number of anilines is 1. The van der Waals surface area contributed by atoms with Gasteiger partial charge in [0.1, 0.15) is 16.7 Å². The third kappa shape index (κ3) is 4.97. The number of hydrogen-bond acceptors (Lipinski definition) is 6. The van der Waals surface area contributed by atoms with Crippen molar-refractivity contribution in [3.8, 4) is 22.6 Å². The van der Waals surface area contributed by atoms with Crippen LogP contribution >= 0.6 is 11.6 Å². The van der Waals surface area contributed by atoms with E-state index in [2.05, 4.69) is 20.3 Å². The Morgan fingerprint density at radius 3 is 2.64 bits per heavy atom. The zero-order chi connectivity index (χ0) is 19.9. The van der Waals surface area contributed by atoms with Crippen molar-refractivity contribution in [2.45, 2.75) is 32.3 Å². The lowest BCUT2D eigenvalue weighted by atomic mass is 10.1. The number of nitrogens with one attached hydrogen (secondary N) is 1. The SMILES string of the molecule is CCC(O)CCc1cnccc1Oc1ccc(-c2cnc(NC)nc2Cl)cc1. The van der Waals surface area contributed by atoms with E-state index in [4.69, 9.17) is 16.3 Å². The summed E-state index contributed by atoms with van der Waals surface area (Å²) in [4.78, 5) is 12.6. The third-order valence-electron chi connectivity index (χ3n) is 4.44. The maximum Gasteiger partial charge on any atom is 0.223 e. The van der Waals surface area contributed by atoms with Gasteiger partial charge in [0.05, 0.1) is 6.10 Å². The third-order valence-corrected chi connectivity index (χ3v) is 4.72. The minimum absolute atomic E-state index is 0.311. The van der Waals surface area contributed by atoms with Gasteiger partial charge in [-0.15, -0.1) is 0 Å². The number of aliphatic hydroxyl groups is 1. The van der Waals surface area contributed by atoms with Crippen molar-refractivity contribution in [2.75, 3.05) is 12.4 Å². The molecule has 0 fully saturated rings. The highest BCUT2D eigenvalue weighted by atomic mass is 35.5. The smallest absolute Gasteiger partial charge is 0.223 e. The molecule has 3 aromatic rings. The van der Waals surface area contributed by atoms with E-state index in [0.29, 0.717) is 29.7 Å². The molecule has 0 saturated carbocycles. The highest BCUT2D eigenvalue weighted by molar-refractivity contribution is 6.32. The van der Waals surface area contributed by atoms with E-state index < -0.39 is 0 Å². The number of aryl methyl sites for hydroxylation is 1. The molecule has 1 atom stereocenters. The van der Waals surface area contributed by atoms with Crippen molar-refractivity contribution in [1.82, 2.24) is 15.0 Å². The normalized spacial score (nSPS) is 11.9. The Kier molecular flexibility index (Phi) is 6.79. The topological polar surface area (TPSA) is 80.2 Å². The van der Waals surface area contributed by atoms with Crippen LogP contribution < -0.4 is 10.1 Å². The van der Waals surface area contributed by atoms with Crippen molar-refractivity contribution < 1.29 is 9.84 Å². The quantitative estimate of drug-likeness (QED) is 0.534. The van der Waals surface area contributed by atoms with Gasteiger partial charge in [0.2, 0.25) is 5.95 Å². The van der Waals surface area contributed by atoms with Crippen molar-refractivity contribution in [3.63, 3.8) is 0 Å². The van der Waals surface area contributed by atoms with Crippen LogP contribution in [0.5, 0.6) is 11.5 Å². The van der Waals surface area contributed by atoms with Crippen LogP contribution in [-0.2, 0) is 6.42 Å². The summed E-state index contributed by atoms with van der Waals surface area (Å²) in [5, 5.41) is 13.1. The van der Waals surface area contributed by atoms with Crippen molar-refractivity contribution >= 4 is 17.5 Å². The molecule has 1 unspecified atom stereocenters. The number of rotatable bonds is 8. The van der Waals surface area contributed by atoms with Gasteiger partial charge in [-0.1, -0.05) is 30.7 Å². The molecule has 0 aliphatic carbocycles. The molecule has 0 bridgehead atoms. The molecule has 0 aliphatic rings. The van der Waals surface area contributed by atoms with Crippen LogP contribution in [0.2, 0.25) is 5.15 Å². The molecule has 2 aromatic heterocycles. The number of halogens is 1. The molecule has 0 aliphatic heterocycles. The van der Waals surface area contributed by atoms with Crippen LogP contribution in [0.25, 0.3) is 11.1 Å². The molecule has 146 valence electrons. The van der Waals surface area contributed by atoms with Crippen LogP contribution in [0.1, 0.15) is 25.3 Å². The van der Waals surface area contributed by atoms with E-state index in [-0.39, 0.29) is 6.10 Å². The van der Waals surface area contributed by atoms with Gasteiger partial charge in [-0.05, 0) is 43.0 Å². The second-order valence-corrected chi connectivity index (χ2v) is 6.72. The summed E-state index contributed by atoms with van der Waals surface area (Å²) >= 11 is 6.26. The summed E-state index contributed by atoms with van der Waals surface area (Å²) < 4.78 is 6.04. The predicted molar refractivity (Wildman–Crippen MR) is 111 cm³/mol. The van der Waals surface area contributed by atoms with E-state index in [0.717, 1.165) is 28.9 Å². The first-order valence-electron chi connectivity index (χ1n) is 9.20. The lowest BCUT2D eigenvalue weighted by Crippen LogP contribution is -2.06. The van der Waals surface area contributed by atoms with Crippen molar-refractivity contribution in [2.24, 2.45) is 0 Å². The van der Waals surface area contributed by atoms with Gasteiger partial charge in [-0.2, -0.15) is 0 Å². The zero-order valence-electron chi connectivity index (χ0n) is 15.9. The van der Waals surface area contributed by atoms with Gasteiger partial charge in [0.25, 0.3) is 0 Å². The van der Waals surface area contributed by atoms with E-state index in [1.54, 1.807) is 25.6 Å². The summed E-state index contributed by atoms with van der Waals surface area (Å²) in [5.74, 6) is 1.93. The fourth-order valence-corrected chi connectivity index (χ4v) is 2.97. The first-order chi connectivity index (χ1) is 13.6. The van der Waals surface area contributed by atoms with Gasteiger partial charge in [-0.25, -0.2) is 9.97 Å². The van der Waals surface area contributed by atoms with Gasteiger partial charge >= 0.3 is 0 Å². The number of hydrogen-bond donors (Lipinski definition) is 2. The molecule has 0 saturated heterocycles. The average Bonchev–Trinajstić information content (AvgIpc) is 2.73. The standard InChI is InChI=1S/C21H23ClN4O2/c1-3-16(27)7-4-15-12-24-11-10-19(15)28-17-8-5-14(6-9-17)18-13-25-21(23-2)26-20(18)22/h5-6,8-13,16,27H,3-4,7H2,1-2H3,(H,23,25,26). The molecule has 28 heavy (non-hydrogen) atoms. The molecule has 0 spiro atoms. The minimum Gasteiger partial charge on any atom is -0.457 e. The average molecular weight is 399 g/mol. The maximum absolute atomic E-state index is 9.81. The second-order valence-electron chi connectivity index (χ2n) is 6.36. The Balaban J connectivity index is 1.75. The molecule has 3 rings (SSSR count). The number of aliphatic hydroxyl groups excluding tert-OH is 1. The molecule has 2 N–H and O–H groups in total. The fourth-order valence-electron chi connectivity index (χ4n) is 2.73. The zero-order valence-corrected chi connectivity index (χ0v) is 16.6. The highest BCUT2D eigenvalue weighted by Crippen LogP contribution is 2.30. The van der Waals surface area contributed by atoms with Crippen LogP contribution in [0, 0.1) is 0 Å². The van der Waals surface area contributed by atoms with Gasteiger partial charge in [0, 0.05) is 36.8 Å². The number of pyridine rings is 1. The summed E-state index contributed by atoms with van der Waals surface area (Å²) in [6, 6.07) is 9.43. The van der Waals surface area contributed by atoms with Crippen molar-refractivity contribution in [3.05, 3.63) is 59.6 Å². The Bertz CT molecular complexity index is 919. The first-order valence-corrected chi connectivity index (χ1v) is 9.58. The van der Waals surface area contributed by atoms with Crippen LogP contribution in [0.4, 0.5) is 5.95 Å². The molecule has 0 radical (unpaired) electrons. The minimum atomic E-state index is -0.311. The Morgan fingerprint density at radius 1 is 1.18 bits per heavy atom. The van der Waals surface area contributed by atoms with Crippen LogP contribution in [-0.4, -0.2) is 33.2 Å². The van der Waals surface area contributed by atoms with E-state index in [1.807, 2.05) is 37.3 Å². The largest absolute Gasteiger partial charge is 0.457 e. The first kappa shape index (κ1) is 20.0. The lowest BCUT2D eigenvalue weighted by Gasteiger charge is -2.13. The number of nitrogens with zero attached hydrogens (tertiary/aromatic N) is 3. The Labute approximate surface area is 169 Å². The summed E-state index contributed by atoms with van der Waals surface area (Å²) in [7, 11) is 1.74. The van der Waals surface area contributed by atoms with E-state index >= 15 is 0 Å². The van der Waals surface area contributed by atoms with Crippen LogP contribution in [0.15, 0.2) is 48.9 Å². The fraction of sp³-hybridized carbons (Fsp3) is 0.286. The second kappa shape index (κ2) is 9.48. The molecular weight excluding hydrogens is 376 g/mol. The summed E-state index contributed by atoms with van der Waals surface area (Å²) in [6.45, 7) is 1.97. The number of benzene rings is 1. The predicted octanol–water partition coefficient (Wildman–Crippen LogP) is 4.73. The van der Waals surface area contributed by atoms with Crippen LogP contribution in [0.3, 0.4) is 0 Å². The molecular formula is C21H23ClN4O2. The Hall–Kier alpha value is -2.70.